The minimum atomic E-state index is -2.64. The molecule has 1 aromatic rings. The van der Waals surface area contributed by atoms with Gasteiger partial charge in [-0.2, -0.15) is 0 Å². The van der Waals surface area contributed by atoms with Crippen LogP contribution in [0.25, 0.3) is 0 Å². The third kappa shape index (κ3) is 4.27. The largest absolute Gasteiger partial charge is 0.493 e. The normalized spacial score (nSPS) is 30.4. The maximum atomic E-state index is 13.2. The smallest absolute Gasteiger partial charge is 0.255 e. The molecule has 1 aliphatic carbocycles. The Labute approximate surface area is 181 Å². The van der Waals surface area contributed by atoms with Crippen molar-refractivity contribution in [1.29, 1.82) is 0 Å². The van der Waals surface area contributed by atoms with E-state index in [-0.39, 0.29) is 30.8 Å². The quantitative estimate of drug-likeness (QED) is 0.735. The van der Waals surface area contributed by atoms with E-state index in [1.807, 2.05) is 26.8 Å². The Bertz CT molecular complexity index is 813. The Hall–Kier alpha value is -1.15. The summed E-state index contributed by atoms with van der Waals surface area (Å²) < 4.78 is 43.7. The first-order valence-electron chi connectivity index (χ1n) is 10.5. The highest BCUT2D eigenvalue weighted by Gasteiger charge is 2.57. The number of alkyl halides is 2. The summed E-state index contributed by atoms with van der Waals surface area (Å²) in [6, 6.07) is 1.88. The third-order valence-electron chi connectivity index (χ3n) is 6.19. The first kappa shape index (κ1) is 22.1. The zero-order chi connectivity index (χ0) is 21.8. The number of ether oxygens (including phenoxy) is 3. The second kappa shape index (κ2) is 7.76. The molecule has 2 heterocycles. The van der Waals surface area contributed by atoms with E-state index in [9.17, 15) is 13.9 Å². The van der Waals surface area contributed by atoms with Crippen LogP contribution in [0.3, 0.4) is 0 Å². The van der Waals surface area contributed by atoms with Crippen LogP contribution < -0.4 is 9.47 Å². The zero-order valence-electron chi connectivity index (χ0n) is 17.9. The lowest BCUT2D eigenvalue weighted by Crippen LogP contribution is -2.53. The van der Waals surface area contributed by atoms with Crippen molar-refractivity contribution in [3.05, 3.63) is 22.2 Å². The van der Waals surface area contributed by atoms with Crippen molar-refractivity contribution in [2.75, 3.05) is 26.8 Å². The molecule has 4 rings (SSSR count). The summed E-state index contributed by atoms with van der Waals surface area (Å²) >= 11 is 6.67. The molecule has 1 saturated heterocycles. The number of fused-ring (bicyclic) bond motifs is 3. The van der Waals surface area contributed by atoms with Crippen LogP contribution in [-0.4, -0.2) is 60.5 Å². The van der Waals surface area contributed by atoms with E-state index in [4.69, 9.17) is 25.8 Å². The molecule has 3 aliphatic rings. The molecule has 2 aliphatic heterocycles. The van der Waals surface area contributed by atoms with Crippen molar-refractivity contribution in [3.63, 3.8) is 0 Å². The molecule has 30 heavy (non-hydrogen) atoms. The molecule has 0 bridgehead atoms. The number of aliphatic hydroxyl groups is 1. The summed E-state index contributed by atoms with van der Waals surface area (Å²) in [4.78, 5) is 2.31. The number of rotatable bonds is 5. The molecule has 0 aromatic heterocycles. The lowest BCUT2D eigenvalue weighted by molar-refractivity contribution is -0.149. The Morgan fingerprint density at radius 3 is 2.63 bits per heavy atom. The molecule has 4 atom stereocenters. The van der Waals surface area contributed by atoms with Gasteiger partial charge < -0.3 is 19.3 Å². The van der Waals surface area contributed by atoms with E-state index < -0.39 is 17.9 Å². The van der Waals surface area contributed by atoms with Crippen LogP contribution in [-0.2, 0) is 11.2 Å². The van der Waals surface area contributed by atoms with Gasteiger partial charge in [0.15, 0.2) is 11.5 Å². The summed E-state index contributed by atoms with van der Waals surface area (Å²) in [5, 5.41) is 11.2. The molecular formula is C22H30ClF2NO4. The van der Waals surface area contributed by atoms with Crippen LogP contribution in [0.15, 0.2) is 6.07 Å². The molecule has 1 N–H and O–H groups in total. The summed E-state index contributed by atoms with van der Waals surface area (Å²) in [6.45, 7) is 7.29. The van der Waals surface area contributed by atoms with Crippen molar-refractivity contribution < 1.29 is 28.1 Å². The Morgan fingerprint density at radius 1 is 1.33 bits per heavy atom. The minimum Gasteiger partial charge on any atom is -0.493 e. The average Bonchev–Trinajstić information content (AvgIpc) is 3.26. The van der Waals surface area contributed by atoms with Gasteiger partial charge in [0.2, 0.25) is 0 Å². The number of halogens is 3. The Kier molecular flexibility index (Phi) is 5.71. The van der Waals surface area contributed by atoms with E-state index in [0.29, 0.717) is 35.9 Å². The van der Waals surface area contributed by atoms with E-state index >= 15 is 0 Å². The second-order valence-electron chi connectivity index (χ2n) is 9.60. The van der Waals surface area contributed by atoms with E-state index in [1.54, 1.807) is 0 Å². The lowest BCUT2D eigenvalue weighted by Gasteiger charge is -2.47. The molecular weight excluding hydrogens is 416 g/mol. The molecule has 2 fully saturated rings. The molecule has 0 spiro atoms. The van der Waals surface area contributed by atoms with Gasteiger partial charge in [0, 0.05) is 25.6 Å². The predicted octanol–water partition coefficient (Wildman–Crippen LogP) is 4.23. The lowest BCUT2D eigenvalue weighted by atomic mass is 9.84. The van der Waals surface area contributed by atoms with Crippen molar-refractivity contribution in [1.82, 2.24) is 4.90 Å². The zero-order valence-corrected chi connectivity index (χ0v) is 18.6. The molecule has 8 heteroatoms. The minimum absolute atomic E-state index is 0.00298. The molecule has 0 radical (unpaired) electrons. The summed E-state index contributed by atoms with van der Waals surface area (Å²) in [7, 11) is 1.51. The van der Waals surface area contributed by atoms with Gasteiger partial charge in [0.05, 0.1) is 42.5 Å². The number of methoxy groups -OCH3 is 1. The van der Waals surface area contributed by atoms with Gasteiger partial charge in [0.25, 0.3) is 5.92 Å². The number of nitrogens with zero attached hydrogens (tertiary/aromatic N) is 1. The molecule has 168 valence electrons. The van der Waals surface area contributed by atoms with Crippen LogP contribution in [0.5, 0.6) is 11.5 Å². The molecule has 0 amide bonds. The topological polar surface area (TPSA) is 51.2 Å². The van der Waals surface area contributed by atoms with Gasteiger partial charge in [-0.05, 0) is 50.8 Å². The van der Waals surface area contributed by atoms with Gasteiger partial charge in [-0.25, -0.2) is 8.78 Å². The third-order valence-corrected chi connectivity index (χ3v) is 6.59. The van der Waals surface area contributed by atoms with Gasteiger partial charge >= 0.3 is 0 Å². The highest BCUT2D eigenvalue weighted by atomic mass is 35.5. The maximum absolute atomic E-state index is 13.2. The highest BCUT2D eigenvalue weighted by Crippen LogP contribution is 2.51. The van der Waals surface area contributed by atoms with Crippen molar-refractivity contribution in [2.45, 2.75) is 69.8 Å². The summed E-state index contributed by atoms with van der Waals surface area (Å²) in [5.41, 5.74) is 1.61. The molecule has 1 saturated carbocycles. The van der Waals surface area contributed by atoms with Gasteiger partial charge in [-0.1, -0.05) is 11.6 Å². The van der Waals surface area contributed by atoms with Crippen LogP contribution in [0.1, 0.15) is 50.8 Å². The fraction of sp³-hybridized carbons (Fsp3) is 0.727. The molecule has 1 aromatic carbocycles. The number of benzene rings is 1. The van der Waals surface area contributed by atoms with Crippen LogP contribution in [0.4, 0.5) is 8.78 Å². The van der Waals surface area contributed by atoms with Gasteiger partial charge in [0.1, 0.15) is 0 Å². The van der Waals surface area contributed by atoms with E-state index in [1.165, 1.54) is 7.11 Å². The van der Waals surface area contributed by atoms with Crippen molar-refractivity contribution >= 4 is 11.6 Å². The van der Waals surface area contributed by atoms with Gasteiger partial charge in [-0.15, -0.1) is 0 Å². The number of hydrogen-bond acceptors (Lipinski definition) is 5. The fourth-order valence-corrected chi connectivity index (χ4v) is 4.89. The summed E-state index contributed by atoms with van der Waals surface area (Å²) in [5.74, 6) is -2.64. The second-order valence-corrected chi connectivity index (χ2v) is 9.97. The van der Waals surface area contributed by atoms with E-state index in [0.717, 1.165) is 17.7 Å². The predicted molar refractivity (Wildman–Crippen MR) is 110 cm³/mol. The Balaban J connectivity index is 1.57. The maximum Gasteiger partial charge on any atom is 0.255 e. The Morgan fingerprint density at radius 2 is 2.03 bits per heavy atom. The van der Waals surface area contributed by atoms with Crippen molar-refractivity contribution in [2.24, 2.45) is 5.92 Å². The monoisotopic (exact) mass is 445 g/mol. The average molecular weight is 446 g/mol. The van der Waals surface area contributed by atoms with Crippen molar-refractivity contribution in [3.8, 4) is 11.5 Å². The number of aliphatic hydroxyl groups excluding tert-OH is 1. The molecule has 1 unspecified atom stereocenters. The van der Waals surface area contributed by atoms with E-state index in [2.05, 4.69) is 4.90 Å². The number of hydrogen-bond donors (Lipinski definition) is 1. The highest BCUT2D eigenvalue weighted by molar-refractivity contribution is 6.33. The first-order valence-corrected chi connectivity index (χ1v) is 10.9. The van der Waals surface area contributed by atoms with Crippen LogP contribution >= 0.6 is 11.6 Å². The standard InChI is InChI=1S/C22H30ClF2NO4/c1-21(2,3)30-18-10-26-6-5-13-14(15(26)8-16(18)27)7-17(28-4)20(19(13)23)29-11-12-9-22(12,24)25/h7,12,15-16,18,27H,5-6,8-11H2,1-4H3/t12?,15-,16-,18-/m1/s1. The van der Waals surface area contributed by atoms with Crippen LogP contribution in [0, 0.1) is 5.92 Å². The number of piperidine rings is 1. The fourth-order valence-electron chi connectivity index (χ4n) is 4.54. The molecule has 5 nitrogen and oxygen atoms in total. The van der Waals surface area contributed by atoms with Crippen LogP contribution in [0.2, 0.25) is 5.02 Å². The van der Waals surface area contributed by atoms with Gasteiger partial charge in [-0.3, -0.25) is 4.90 Å². The SMILES string of the molecule is COc1cc2c(c(Cl)c1OCC1CC1(F)F)CCN1C[C@@H](OC(C)(C)C)[C@H](O)C[C@H]21. The summed E-state index contributed by atoms with van der Waals surface area (Å²) in [6.07, 6.45) is 0.257. The first-order chi connectivity index (χ1) is 14.0.